The molecule has 0 aromatic heterocycles. The first kappa shape index (κ1) is 47.7. The molecule has 52 heavy (non-hydrogen) atoms. The topological polar surface area (TPSA) is 113 Å². The highest BCUT2D eigenvalue weighted by Crippen LogP contribution is 2.35. The summed E-state index contributed by atoms with van der Waals surface area (Å²) in [6.07, 6.45) is 7.97. The Morgan fingerprint density at radius 3 is 1.15 bits per heavy atom. The molecule has 2 fully saturated rings. The van der Waals surface area contributed by atoms with Crippen molar-refractivity contribution in [3.05, 3.63) is 0 Å². The Hall–Kier alpha value is -0.440. The largest absolute Gasteiger partial charge is 0.394 e. The van der Waals surface area contributed by atoms with Crippen LogP contribution in [0.25, 0.3) is 0 Å². The monoisotopic (exact) mass is 749 g/mol. The Balaban J connectivity index is 2.60. The van der Waals surface area contributed by atoms with E-state index in [1.165, 1.54) is 0 Å². The minimum Gasteiger partial charge on any atom is -0.394 e. The molecule has 2 aliphatic heterocycles. The number of rotatable bonds is 33. The fraction of sp³-hybridized carbons (Fsp3) is 1.00. The van der Waals surface area contributed by atoms with Crippen LogP contribution in [0.3, 0.4) is 0 Å². The lowest BCUT2D eigenvalue weighted by Gasteiger charge is -2.50. The van der Waals surface area contributed by atoms with Gasteiger partial charge in [0.1, 0.15) is 54.9 Å². The summed E-state index contributed by atoms with van der Waals surface area (Å²) < 4.78 is 66.3. The summed E-state index contributed by atoms with van der Waals surface area (Å²) in [5.41, 5.74) is 0. The van der Waals surface area contributed by atoms with Crippen LogP contribution in [0.15, 0.2) is 0 Å². The van der Waals surface area contributed by atoms with Crippen LogP contribution in [0.2, 0.25) is 0 Å². The van der Waals surface area contributed by atoms with E-state index in [1.807, 2.05) is 0 Å². The lowest BCUT2D eigenvalue weighted by molar-refractivity contribution is -0.360. The number of unbranched alkanes of at least 4 members (excludes halogenated alkanes) is 7. The summed E-state index contributed by atoms with van der Waals surface area (Å²) in [7, 11) is 0. The molecule has 0 aromatic carbocycles. The number of ether oxygens (including phenoxy) is 10. The minimum absolute atomic E-state index is 0.202. The predicted molar refractivity (Wildman–Crippen MR) is 204 cm³/mol. The molecule has 2 saturated heterocycles. The molecule has 0 spiro atoms. The Morgan fingerprint density at radius 1 is 0.385 bits per heavy atom. The molecule has 11 heteroatoms. The van der Waals surface area contributed by atoms with Gasteiger partial charge in [-0.1, -0.05) is 93.4 Å². The van der Waals surface area contributed by atoms with Gasteiger partial charge in [0, 0.05) is 46.2 Å². The molecule has 2 rings (SSSR count). The van der Waals surface area contributed by atoms with Gasteiger partial charge in [0.25, 0.3) is 0 Å². The standard InChI is InChI=1S/C41H80O11/c1-8-15-22-43-30-33-36(46-25-18-11-4)39(48-27-20-13-6)40(49-28-21-14-7)41(51-33)52-37-34(31-44-23-16-9-2)50-32(29-42)35(45-24-17-10-3)38(37)47-26-19-12-5/h32-42H,8-31H2,1-7H3. The summed E-state index contributed by atoms with van der Waals surface area (Å²) in [6.45, 7) is 19.5. The van der Waals surface area contributed by atoms with E-state index in [2.05, 4.69) is 48.5 Å². The molecule has 1 N–H and O–H groups in total. The second kappa shape index (κ2) is 30.7. The van der Waals surface area contributed by atoms with Crippen molar-refractivity contribution in [2.75, 3.05) is 66.1 Å². The van der Waals surface area contributed by atoms with Gasteiger partial charge in [-0.3, -0.25) is 0 Å². The van der Waals surface area contributed by atoms with Crippen molar-refractivity contribution in [1.29, 1.82) is 0 Å². The van der Waals surface area contributed by atoms with Crippen LogP contribution in [0, 0.1) is 0 Å². The zero-order valence-corrected chi connectivity index (χ0v) is 34.3. The molecule has 0 aliphatic carbocycles. The van der Waals surface area contributed by atoms with E-state index >= 15 is 0 Å². The molecule has 10 atom stereocenters. The van der Waals surface area contributed by atoms with E-state index in [9.17, 15) is 5.11 Å². The third kappa shape index (κ3) is 17.1. The molecular formula is C41H80O11. The Bertz CT molecular complexity index is 807. The van der Waals surface area contributed by atoms with Gasteiger partial charge in [-0.25, -0.2) is 0 Å². The maximum Gasteiger partial charge on any atom is 0.187 e. The summed E-state index contributed by atoms with van der Waals surface area (Å²) in [5.74, 6) is 0. The van der Waals surface area contributed by atoms with Crippen molar-refractivity contribution in [1.82, 2.24) is 0 Å². The zero-order valence-electron chi connectivity index (χ0n) is 34.3. The van der Waals surface area contributed by atoms with E-state index < -0.39 is 61.2 Å². The zero-order chi connectivity index (χ0) is 37.8. The summed E-state index contributed by atoms with van der Waals surface area (Å²) in [5, 5.41) is 10.6. The van der Waals surface area contributed by atoms with Gasteiger partial charge in [0.05, 0.1) is 19.8 Å². The molecule has 310 valence electrons. The Kier molecular flexibility index (Phi) is 28.2. The molecule has 11 nitrogen and oxygen atoms in total. The first-order valence-electron chi connectivity index (χ1n) is 21.3. The molecular weight excluding hydrogens is 668 g/mol. The first-order chi connectivity index (χ1) is 25.5. The molecule has 2 aliphatic rings. The molecule has 0 aromatic rings. The van der Waals surface area contributed by atoms with Crippen LogP contribution in [0.4, 0.5) is 0 Å². The van der Waals surface area contributed by atoms with Gasteiger partial charge in [0.15, 0.2) is 6.29 Å². The maximum atomic E-state index is 10.6. The van der Waals surface area contributed by atoms with Gasteiger partial charge in [-0.05, 0) is 44.9 Å². The van der Waals surface area contributed by atoms with Crippen LogP contribution < -0.4 is 0 Å². The predicted octanol–water partition coefficient (Wildman–Crippen LogP) is 7.42. The second-order valence-electron chi connectivity index (χ2n) is 14.3. The summed E-state index contributed by atoms with van der Waals surface area (Å²) in [6, 6.07) is 0. The molecule has 0 amide bonds. The average molecular weight is 749 g/mol. The second-order valence-corrected chi connectivity index (χ2v) is 14.3. The van der Waals surface area contributed by atoms with E-state index in [1.54, 1.807) is 0 Å². The molecule has 0 radical (unpaired) electrons. The number of hydrogen-bond donors (Lipinski definition) is 1. The Labute approximate surface area is 317 Å². The van der Waals surface area contributed by atoms with Crippen LogP contribution in [0.5, 0.6) is 0 Å². The summed E-state index contributed by atoms with van der Waals surface area (Å²) >= 11 is 0. The Morgan fingerprint density at radius 2 is 0.731 bits per heavy atom. The fourth-order valence-corrected chi connectivity index (χ4v) is 6.38. The number of aliphatic hydroxyl groups excluding tert-OH is 1. The SMILES string of the molecule is CCCCOCC1OC(CO)C(OCCCC)C(OCCCC)C1OC1OC(COCCCC)C(OCCCC)C(OCCCC)C1OCCCC. The lowest BCUT2D eigenvalue weighted by atomic mass is 9.93. The van der Waals surface area contributed by atoms with Gasteiger partial charge in [0.2, 0.25) is 0 Å². The minimum atomic E-state index is -0.833. The highest BCUT2D eigenvalue weighted by molar-refractivity contribution is 4.98. The van der Waals surface area contributed by atoms with Crippen LogP contribution in [0.1, 0.15) is 138 Å². The number of hydrogen-bond acceptors (Lipinski definition) is 11. The summed E-state index contributed by atoms with van der Waals surface area (Å²) in [4.78, 5) is 0. The third-order valence-electron chi connectivity index (χ3n) is 9.68. The molecule has 2 heterocycles. The van der Waals surface area contributed by atoms with E-state index in [0.29, 0.717) is 52.9 Å². The van der Waals surface area contributed by atoms with E-state index in [0.717, 1.165) is 89.9 Å². The van der Waals surface area contributed by atoms with Gasteiger partial charge in [-0.15, -0.1) is 0 Å². The quantitative estimate of drug-likeness (QED) is 0.0677. The van der Waals surface area contributed by atoms with Gasteiger partial charge in [-0.2, -0.15) is 0 Å². The van der Waals surface area contributed by atoms with Crippen molar-refractivity contribution in [3.63, 3.8) is 0 Å². The fourth-order valence-electron chi connectivity index (χ4n) is 6.38. The molecule has 0 saturated carbocycles. The smallest absolute Gasteiger partial charge is 0.187 e. The van der Waals surface area contributed by atoms with Crippen molar-refractivity contribution in [2.24, 2.45) is 0 Å². The maximum absolute atomic E-state index is 10.6. The molecule has 0 bridgehead atoms. The van der Waals surface area contributed by atoms with E-state index in [4.69, 9.17) is 47.4 Å². The average Bonchev–Trinajstić information content (AvgIpc) is 3.15. The van der Waals surface area contributed by atoms with Gasteiger partial charge >= 0.3 is 0 Å². The third-order valence-corrected chi connectivity index (χ3v) is 9.68. The number of aliphatic hydroxyl groups is 1. The van der Waals surface area contributed by atoms with Crippen LogP contribution in [-0.2, 0) is 47.4 Å². The normalized spacial score (nSPS) is 29.5. The highest BCUT2D eigenvalue weighted by atomic mass is 16.7. The molecule has 10 unspecified atom stereocenters. The highest BCUT2D eigenvalue weighted by Gasteiger charge is 2.54. The van der Waals surface area contributed by atoms with Crippen molar-refractivity contribution in [2.45, 2.75) is 200 Å². The van der Waals surface area contributed by atoms with Gasteiger partial charge < -0.3 is 52.5 Å². The van der Waals surface area contributed by atoms with Crippen LogP contribution in [-0.4, -0.2) is 132 Å². The van der Waals surface area contributed by atoms with Crippen molar-refractivity contribution >= 4 is 0 Å². The van der Waals surface area contributed by atoms with Crippen molar-refractivity contribution < 1.29 is 52.5 Å². The lowest BCUT2D eigenvalue weighted by Crippen LogP contribution is -2.67. The van der Waals surface area contributed by atoms with E-state index in [-0.39, 0.29) is 13.2 Å². The first-order valence-corrected chi connectivity index (χ1v) is 21.3. The van der Waals surface area contributed by atoms with Crippen molar-refractivity contribution in [3.8, 4) is 0 Å². The van der Waals surface area contributed by atoms with Crippen LogP contribution >= 0.6 is 0 Å².